The number of hydrogen-bond donors (Lipinski definition) is 2. The van der Waals surface area contributed by atoms with Crippen molar-refractivity contribution < 1.29 is 19.6 Å². The van der Waals surface area contributed by atoms with Gasteiger partial charge in [-0.2, -0.15) is 0 Å². The average Bonchev–Trinajstić information content (AvgIpc) is 2.73. The van der Waals surface area contributed by atoms with Gasteiger partial charge >= 0.3 is 0 Å². The van der Waals surface area contributed by atoms with Crippen molar-refractivity contribution >= 4 is 22.9 Å². The molecule has 0 saturated carbocycles. The monoisotopic (exact) mass is 397 g/mol. The first kappa shape index (κ1) is 20.3. The van der Waals surface area contributed by atoms with Crippen LogP contribution in [-0.2, 0) is 4.79 Å². The van der Waals surface area contributed by atoms with Gasteiger partial charge in [-0.05, 0) is 35.8 Å². The number of rotatable bonds is 7. The Morgan fingerprint density at radius 1 is 1.28 bits per heavy atom. The van der Waals surface area contributed by atoms with E-state index >= 15 is 0 Å². The highest BCUT2D eigenvalue weighted by Crippen LogP contribution is 2.29. The number of anilines is 1. The molecule has 0 bridgehead atoms. The van der Waals surface area contributed by atoms with Crippen LogP contribution in [0.4, 0.5) is 11.4 Å². The van der Waals surface area contributed by atoms with Crippen molar-refractivity contribution in [3.63, 3.8) is 0 Å². The number of phenolic OH excluding ortho intramolecular Hbond substituents is 1. The third-order valence-electron chi connectivity index (χ3n) is 4.85. The summed E-state index contributed by atoms with van der Waals surface area (Å²) in [6, 6.07) is 11.2. The first-order chi connectivity index (χ1) is 14.0. The highest BCUT2D eigenvalue weighted by Gasteiger charge is 2.16. The Labute approximate surface area is 168 Å². The maximum atomic E-state index is 12.3. The average molecular weight is 397 g/mol. The lowest BCUT2D eigenvalue weighted by atomic mass is 9.99. The molecule has 29 heavy (non-hydrogen) atoms. The summed E-state index contributed by atoms with van der Waals surface area (Å²) in [6.45, 7) is 2.16. The molecule has 0 saturated heterocycles. The zero-order valence-electron chi connectivity index (χ0n) is 16.1. The molecule has 0 fully saturated rings. The molecule has 2 aromatic carbocycles. The number of non-ortho nitro benzene ring substituents is 1. The van der Waals surface area contributed by atoms with Gasteiger partial charge in [-0.3, -0.25) is 19.8 Å². The van der Waals surface area contributed by atoms with Crippen LogP contribution in [0, 0.1) is 10.1 Å². The molecule has 1 amide bonds. The van der Waals surface area contributed by atoms with Gasteiger partial charge in [0.1, 0.15) is 11.5 Å². The van der Waals surface area contributed by atoms with Gasteiger partial charge in [0.2, 0.25) is 5.91 Å². The van der Waals surface area contributed by atoms with Gasteiger partial charge in [-0.25, -0.2) is 0 Å². The van der Waals surface area contributed by atoms with E-state index in [-0.39, 0.29) is 23.8 Å². The summed E-state index contributed by atoms with van der Waals surface area (Å²) in [7, 11) is 1.45. The van der Waals surface area contributed by atoms with Gasteiger partial charge in [-0.1, -0.05) is 18.2 Å². The fourth-order valence-corrected chi connectivity index (χ4v) is 3.23. The third-order valence-corrected chi connectivity index (χ3v) is 4.85. The standard InChI is InChI=1S/C21H23N3O5/c1-29-20-7-4-17(24(27)28)14-19(20)22-21(26)10-13-23-11-8-16(9-12-23)15-2-5-18(25)6-3-15/h2-8,14,25H,9-13H2,1H3,(H,22,26). The van der Waals surface area contributed by atoms with E-state index < -0.39 is 4.92 Å². The molecule has 8 nitrogen and oxygen atoms in total. The van der Waals surface area contributed by atoms with E-state index in [9.17, 15) is 20.0 Å². The molecule has 1 aliphatic rings. The van der Waals surface area contributed by atoms with E-state index in [2.05, 4.69) is 16.3 Å². The molecule has 0 atom stereocenters. The van der Waals surface area contributed by atoms with Crippen LogP contribution in [0.2, 0.25) is 0 Å². The predicted octanol–water partition coefficient (Wildman–Crippen LogP) is 3.43. The largest absolute Gasteiger partial charge is 0.508 e. The molecule has 0 spiro atoms. The molecular formula is C21H23N3O5. The number of amides is 1. The summed E-state index contributed by atoms with van der Waals surface area (Å²) in [6.07, 6.45) is 3.27. The molecule has 3 rings (SSSR count). The molecule has 8 heteroatoms. The van der Waals surface area contributed by atoms with Crippen molar-refractivity contribution in [1.29, 1.82) is 0 Å². The van der Waals surface area contributed by atoms with Crippen LogP contribution >= 0.6 is 0 Å². The number of nitro groups is 1. The van der Waals surface area contributed by atoms with Gasteiger partial charge in [0.05, 0.1) is 17.7 Å². The van der Waals surface area contributed by atoms with Crippen LogP contribution in [0.3, 0.4) is 0 Å². The Kier molecular flexibility index (Phi) is 6.46. The molecule has 0 aromatic heterocycles. The molecule has 152 valence electrons. The zero-order chi connectivity index (χ0) is 20.8. The molecule has 0 radical (unpaired) electrons. The van der Waals surface area contributed by atoms with Crippen LogP contribution in [0.5, 0.6) is 11.5 Å². The van der Waals surface area contributed by atoms with Gasteiger partial charge in [-0.15, -0.1) is 0 Å². The summed E-state index contributed by atoms with van der Waals surface area (Å²) in [4.78, 5) is 24.9. The number of nitrogens with one attached hydrogen (secondary N) is 1. The van der Waals surface area contributed by atoms with E-state index in [0.29, 0.717) is 18.0 Å². The maximum Gasteiger partial charge on any atom is 0.271 e. The summed E-state index contributed by atoms with van der Waals surface area (Å²) >= 11 is 0. The van der Waals surface area contributed by atoms with Crippen molar-refractivity contribution in [1.82, 2.24) is 4.90 Å². The Morgan fingerprint density at radius 2 is 2.03 bits per heavy atom. The summed E-state index contributed by atoms with van der Waals surface area (Å²) < 4.78 is 5.17. The number of benzene rings is 2. The summed E-state index contributed by atoms with van der Waals surface area (Å²) in [5.74, 6) is 0.402. The number of methoxy groups -OCH3 is 1. The van der Waals surface area contributed by atoms with Gasteiger partial charge in [0.25, 0.3) is 5.69 Å². The Morgan fingerprint density at radius 3 is 2.66 bits per heavy atom. The highest BCUT2D eigenvalue weighted by molar-refractivity contribution is 5.92. The zero-order valence-corrected chi connectivity index (χ0v) is 16.1. The number of aromatic hydroxyl groups is 1. The highest BCUT2D eigenvalue weighted by atomic mass is 16.6. The SMILES string of the molecule is COc1ccc([N+](=O)[O-])cc1NC(=O)CCN1CC=C(c2ccc(O)cc2)CC1. The third kappa shape index (κ3) is 5.32. The second-order valence-electron chi connectivity index (χ2n) is 6.77. The van der Waals surface area contributed by atoms with Crippen LogP contribution < -0.4 is 10.1 Å². The second-order valence-corrected chi connectivity index (χ2v) is 6.77. The molecule has 0 unspecified atom stereocenters. The minimum atomic E-state index is -0.513. The number of phenols is 1. The number of carbonyl (C=O) groups excluding carboxylic acids is 1. The van der Waals surface area contributed by atoms with Gasteiger partial charge < -0.3 is 15.2 Å². The number of nitro benzene ring substituents is 1. The van der Waals surface area contributed by atoms with Crippen molar-refractivity contribution in [2.75, 3.05) is 32.1 Å². The number of carbonyl (C=O) groups is 1. The molecule has 0 aliphatic carbocycles. The number of hydrogen-bond acceptors (Lipinski definition) is 6. The van der Waals surface area contributed by atoms with E-state index in [0.717, 1.165) is 25.1 Å². The lowest BCUT2D eigenvalue weighted by Gasteiger charge is -2.26. The fourth-order valence-electron chi connectivity index (χ4n) is 3.23. The van der Waals surface area contributed by atoms with Crippen LogP contribution in [-0.4, -0.2) is 47.6 Å². The molecule has 2 aromatic rings. The minimum Gasteiger partial charge on any atom is -0.508 e. The molecule has 2 N–H and O–H groups in total. The van der Waals surface area contributed by atoms with E-state index in [1.54, 1.807) is 12.1 Å². The topological polar surface area (TPSA) is 105 Å². The van der Waals surface area contributed by atoms with Crippen LogP contribution in [0.15, 0.2) is 48.5 Å². The smallest absolute Gasteiger partial charge is 0.271 e. The predicted molar refractivity (Wildman–Crippen MR) is 110 cm³/mol. The lowest BCUT2D eigenvalue weighted by Crippen LogP contribution is -2.31. The van der Waals surface area contributed by atoms with Crippen molar-refractivity contribution in [3.05, 3.63) is 64.2 Å². The van der Waals surface area contributed by atoms with Crippen LogP contribution in [0.1, 0.15) is 18.4 Å². The summed E-state index contributed by atoms with van der Waals surface area (Å²) in [5.41, 5.74) is 2.51. The first-order valence-electron chi connectivity index (χ1n) is 9.29. The lowest BCUT2D eigenvalue weighted by molar-refractivity contribution is -0.384. The normalized spacial score (nSPS) is 14.2. The quantitative estimate of drug-likeness (QED) is 0.548. The second kappa shape index (κ2) is 9.20. The van der Waals surface area contributed by atoms with Crippen LogP contribution in [0.25, 0.3) is 5.57 Å². The van der Waals surface area contributed by atoms with E-state index in [1.807, 2.05) is 12.1 Å². The van der Waals surface area contributed by atoms with Crippen molar-refractivity contribution in [2.24, 2.45) is 0 Å². The molecule has 1 aliphatic heterocycles. The fraction of sp³-hybridized carbons (Fsp3) is 0.286. The van der Waals surface area contributed by atoms with E-state index in [4.69, 9.17) is 4.74 Å². The Bertz CT molecular complexity index is 924. The molecular weight excluding hydrogens is 374 g/mol. The first-order valence-corrected chi connectivity index (χ1v) is 9.29. The van der Waals surface area contributed by atoms with Gasteiger partial charge in [0.15, 0.2) is 0 Å². The van der Waals surface area contributed by atoms with Gasteiger partial charge in [0, 0.05) is 38.2 Å². The van der Waals surface area contributed by atoms with Crippen molar-refractivity contribution in [2.45, 2.75) is 12.8 Å². The minimum absolute atomic E-state index is 0.107. The maximum absolute atomic E-state index is 12.3. The number of ether oxygens (including phenoxy) is 1. The van der Waals surface area contributed by atoms with Crippen molar-refractivity contribution in [3.8, 4) is 11.5 Å². The summed E-state index contributed by atoms with van der Waals surface area (Å²) in [5, 5.41) is 23.0. The van der Waals surface area contributed by atoms with E-state index in [1.165, 1.54) is 30.9 Å². The Hall–Kier alpha value is -3.39. The molecule has 1 heterocycles. The Balaban J connectivity index is 1.53. The number of nitrogens with zero attached hydrogens (tertiary/aromatic N) is 2.